The maximum Gasteiger partial charge on any atom is 0.222 e. The molecule has 106 valence electrons. The summed E-state index contributed by atoms with van der Waals surface area (Å²) in [6.07, 6.45) is 1.56. The SMILES string of the molecule is Cc1conc1CN1C[C@@H](CC(=O)N(C)C)[C@H](O)C1. The van der Waals surface area contributed by atoms with Crippen molar-refractivity contribution in [3.63, 3.8) is 0 Å². The highest BCUT2D eigenvalue weighted by atomic mass is 16.5. The Labute approximate surface area is 113 Å². The van der Waals surface area contributed by atoms with Crippen molar-refractivity contribution in [1.82, 2.24) is 15.0 Å². The van der Waals surface area contributed by atoms with Gasteiger partial charge >= 0.3 is 0 Å². The van der Waals surface area contributed by atoms with Crippen LogP contribution in [0, 0.1) is 12.8 Å². The molecule has 1 fully saturated rings. The number of amides is 1. The zero-order valence-corrected chi connectivity index (χ0v) is 11.7. The number of hydrogen-bond acceptors (Lipinski definition) is 5. The summed E-state index contributed by atoms with van der Waals surface area (Å²) in [7, 11) is 3.47. The van der Waals surface area contributed by atoms with Crippen LogP contribution in [0.25, 0.3) is 0 Å². The van der Waals surface area contributed by atoms with E-state index in [-0.39, 0.29) is 11.8 Å². The van der Waals surface area contributed by atoms with Crippen LogP contribution >= 0.6 is 0 Å². The Kier molecular flexibility index (Phi) is 4.21. The number of aliphatic hydroxyl groups excluding tert-OH is 1. The predicted molar refractivity (Wildman–Crippen MR) is 69.3 cm³/mol. The first kappa shape index (κ1) is 14.0. The standard InChI is InChI=1S/C13H21N3O3/c1-9-8-19-14-11(9)6-16-5-10(12(17)7-16)4-13(18)15(2)3/h8,10,12,17H,4-7H2,1-3H3/t10-,12-/m1/s1. The minimum atomic E-state index is -0.448. The molecule has 0 unspecified atom stereocenters. The van der Waals surface area contributed by atoms with E-state index in [1.54, 1.807) is 25.3 Å². The van der Waals surface area contributed by atoms with Crippen LogP contribution in [-0.2, 0) is 11.3 Å². The lowest BCUT2D eigenvalue weighted by molar-refractivity contribution is -0.130. The van der Waals surface area contributed by atoms with E-state index in [1.807, 2.05) is 6.92 Å². The van der Waals surface area contributed by atoms with Gasteiger partial charge in [0.2, 0.25) is 5.91 Å². The lowest BCUT2D eigenvalue weighted by atomic mass is 10.0. The highest BCUT2D eigenvalue weighted by Gasteiger charge is 2.33. The molecule has 0 aromatic carbocycles. The molecule has 6 heteroatoms. The first-order valence-corrected chi connectivity index (χ1v) is 6.47. The van der Waals surface area contributed by atoms with Gasteiger partial charge in [-0.2, -0.15) is 0 Å². The predicted octanol–water partition coefficient (Wildman–Crippen LogP) is 0.254. The third-order valence-corrected chi connectivity index (χ3v) is 3.64. The van der Waals surface area contributed by atoms with E-state index >= 15 is 0 Å². The molecule has 2 heterocycles. The average molecular weight is 267 g/mol. The lowest BCUT2D eigenvalue weighted by Crippen LogP contribution is -2.28. The van der Waals surface area contributed by atoms with Crippen LogP contribution in [-0.4, -0.2) is 59.3 Å². The summed E-state index contributed by atoms with van der Waals surface area (Å²) < 4.78 is 4.91. The van der Waals surface area contributed by atoms with E-state index in [9.17, 15) is 9.90 Å². The quantitative estimate of drug-likeness (QED) is 0.847. The van der Waals surface area contributed by atoms with Crippen LogP contribution in [0.3, 0.4) is 0 Å². The lowest BCUT2D eigenvalue weighted by Gasteiger charge is -2.16. The summed E-state index contributed by atoms with van der Waals surface area (Å²) in [5.74, 6) is 0.0608. The van der Waals surface area contributed by atoms with Gasteiger partial charge in [0.15, 0.2) is 0 Å². The second kappa shape index (κ2) is 5.71. The van der Waals surface area contributed by atoms with Crippen LogP contribution in [0.4, 0.5) is 0 Å². The third kappa shape index (κ3) is 3.33. The highest BCUT2D eigenvalue weighted by molar-refractivity contribution is 5.75. The fraction of sp³-hybridized carbons (Fsp3) is 0.692. The van der Waals surface area contributed by atoms with E-state index in [4.69, 9.17) is 4.52 Å². The maximum absolute atomic E-state index is 11.7. The van der Waals surface area contributed by atoms with Gasteiger partial charge in [-0.1, -0.05) is 5.16 Å². The van der Waals surface area contributed by atoms with Gasteiger partial charge in [0.25, 0.3) is 0 Å². The van der Waals surface area contributed by atoms with Crippen molar-refractivity contribution < 1.29 is 14.4 Å². The summed E-state index contributed by atoms with van der Waals surface area (Å²) in [5.41, 5.74) is 1.91. The van der Waals surface area contributed by atoms with Crippen LogP contribution in [0.2, 0.25) is 0 Å². The molecule has 1 aliphatic heterocycles. The first-order valence-electron chi connectivity index (χ1n) is 6.47. The number of aromatic nitrogens is 1. The second-order valence-corrected chi connectivity index (χ2v) is 5.46. The number of hydrogen-bond donors (Lipinski definition) is 1. The third-order valence-electron chi connectivity index (χ3n) is 3.64. The molecule has 1 saturated heterocycles. The number of aliphatic hydroxyl groups is 1. The van der Waals surface area contributed by atoms with Crippen LogP contribution < -0.4 is 0 Å². The molecular formula is C13H21N3O3. The Morgan fingerprint density at radius 2 is 2.32 bits per heavy atom. The topological polar surface area (TPSA) is 69.8 Å². The molecule has 19 heavy (non-hydrogen) atoms. The first-order chi connectivity index (χ1) is 8.97. The van der Waals surface area contributed by atoms with Gasteiger partial charge in [-0.3, -0.25) is 9.69 Å². The van der Waals surface area contributed by atoms with Crippen molar-refractivity contribution in [3.05, 3.63) is 17.5 Å². The molecular weight excluding hydrogens is 246 g/mol. The zero-order valence-electron chi connectivity index (χ0n) is 11.7. The molecule has 1 N–H and O–H groups in total. The monoisotopic (exact) mass is 267 g/mol. The van der Waals surface area contributed by atoms with E-state index in [0.29, 0.717) is 26.1 Å². The molecule has 1 aromatic rings. The Morgan fingerprint density at radius 3 is 2.89 bits per heavy atom. The molecule has 0 saturated carbocycles. The smallest absolute Gasteiger partial charge is 0.222 e. The van der Waals surface area contributed by atoms with Gasteiger partial charge in [0, 0.05) is 51.6 Å². The van der Waals surface area contributed by atoms with Gasteiger partial charge < -0.3 is 14.5 Å². The molecule has 1 amide bonds. The van der Waals surface area contributed by atoms with Crippen molar-refractivity contribution in [2.75, 3.05) is 27.2 Å². The molecule has 1 aromatic heterocycles. The normalized spacial score (nSPS) is 23.8. The molecule has 0 bridgehead atoms. The number of rotatable bonds is 4. The van der Waals surface area contributed by atoms with Crippen molar-refractivity contribution in [2.45, 2.75) is 26.0 Å². The Balaban J connectivity index is 1.90. The van der Waals surface area contributed by atoms with Crippen LogP contribution in [0.1, 0.15) is 17.7 Å². The number of β-amino-alcohol motifs (C(OH)–C–C–N with tert-alkyl or cyclic N) is 1. The highest BCUT2D eigenvalue weighted by Crippen LogP contribution is 2.23. The molecule has 1 aliphatic rings. The largest absolute Gasteiger partial charge is 0.391 e. The van der Waals surface area contributed by atoms with Crippen LogP contribution in [0.15, 0.2) is 10.8 Å². The molecule has 2 atom stereocenters. The Hall–Kier alpha value is -1.40. The average Bonchev–Trinajstić information content (AvgIpc) is 2.87. The molecule has 0 spiro atoms. The fourth-order valence-corrected chi connectivity index (χ4v) is 2.35. The minimum Gasteiger partial charge on any atom is -0.391 e. The Morgan fingerprint density at radius 1 is 1.58 bits per heavy atom. The van der Waals surface area contributed by atoms with E-state index in [1.165, 1.54) is 0 Å². The van der Waals surface area contributed by atoms with Crippen molar-refractivity contribution in [3.8, 4) is 0 Å². The van der Waals surface area contributed by atoms with Crippen molar-refractivity contribution >= 4 is 5.91 Å². The zero-order chi connectivity index (χ0) is 14.0. The van der Waals surface area contributed by atoms with Gasteiger partial charge in [0.1, 0.15) is 12.0 Å². The number of carbonyl (C=O) groups is 1. The number of likely N-dealkylation sites (tertiary alicyclic amines) is 1. The summed E-state index contributed by atoms with van der Waals surface area (Å²) in [6, 6.07) is 0. The summed E-state index contributed by atoms with van der Waals surface area (Å²) in [4.78, 5) is 15.4. The van der Waals surface area contributed by atoms with Crippen molar-refractivity contribution in [1.29, 1.82) is 0 Å². The fourth-order valence-electron chi connectivity index (χ4n) is 2.35. The van der Waals surface area contributed by atoms with Gasteiger partial charge in [-0.15, -0.1) is 0 Å². The van der Waals surface area contributed by atoms with Gasteiger partial charge in [-0.05, 0) is 6.92 Å². The number of nitrogens with zero attached hydrogens (tertiary/aromatic N) is 3. The van der Waals surface area contributed by atoms with Crippen LogP contribution in [0.5, 0.6) is 0 Å². The minimum absolute atomic E-state index is 0.00195. The van der Waals surface area contributed by atoms with E-state index in [2.05, 4.69) is 10.1 Å². The molecule has 2 rings (SSSR count). The van der Waals surface area contributed by atoms with E-state index < -0.39 is 6.10 Å². The summed E-state index contributed by atoms with van der Waals surface area (Å²) >= 11 is 0. The van der Waals surface area contributed by atoms with Crippen molar-refractivity contribution in [2.24, 2.45) is 5.92 Å². The number of carbonyl (C=O) groups excluding carboxylic acids is 1. The summed E-state index contributed by atoms with van der Waals surface area (Å²) in [6.45, 7) is 3.90. The maximum atomic E-state index is 11.7. The molecule has 6 nitrogen and oxygen atoms in total. The molecule has 0 aliphatic carbocycles. The van der Waals surface area contributed by atoms with Gasteiger partial charge in [0.05, 0.1) is 6.10 Å². The van der Waals surface area contributed by atoms with E-state index in [0.717, 1.165) is 11.3 Å². The number of aryl methyl sites for hydroxylation is 1. The second-order valence-electron chi connectivity index (χ2n) is 5.46. The molecule has 0 radical (unpaired) electrons. The van der Waals surface area contributed by atoms with Gasteiger partial charge in [-0.25, -0.2) is 0 Å². The Bertz CT molecular complexity index is 444. The summed E-state index contributed by atoms with van der Waals surface area (Å²) in [5, 5.41) is 14.0.